The van der Waals surface area contributed by atoms with Crippen LogP contribution < -0.4 is 0 Å². The number of hydrogen-bond donors (Lipinski definition) is 0. The lowest BCUT2D eigenvalue weighted by atomic mass is 9.96. The van der Waals surface area contributed by atoms with Crippen LogP contribution in [0.5, 0.6) is 0 Å². The van der Waals surface area contributed by atoms with Crippen LogP contribution >= 0.6 is 0 Å². The summed E-state index contributed by atoms with van der Waals surface area (Å²) < 4.78 is 17.7. The number of hydrogen-bond acceptors (Lipinski definition) is 2. The molecule has 0 bridgehead atoms. The van der Waals surface area contributed by atoms with E-state index in [0.29, 0.717) is 0 Å². The predicted molar refractivity (Wildman–Crippen MR) is 49.3 cm³/mol. The first-order valence-corrected chi connectivity index (χ1v) is 4.53. The lowest BCUT2D eigenvalue weighted by molar-refractivity contribution is -0.143. The van der Waals surface area contributed by atoms with E-state index in [9.17, 15) is 9.18 Å². The smallest absolute Gasteiger partial charge is 0.316 e. The monoisotopic (exact) mass is 194 g/mol. The Labute approximate surface area is 81.7 Å². The Kier molecular flexibility index (Phi) is 2.02. The summed E-state index contributed by atoms with van der Waals surface area (Å²) in [7, 11) is 1.36. The number of halogens is 1. The van der Waals surface area contributed by atoms with E-state index in [4.69, 9.17) is 4.74 Å². The van der Waals surface area contributed by atoms with Crippen molar-refractivity contribution in [3.05, 3.63) is 35.6 Å². The first-order valence-electron chi connectivity index (χ1n) is 4.53. The SMILES string of the molecule is COC(=O)C1(c2cccc(F)c2)CC1. The molecule has 0 aromatic heterocycles. The van der Waals surface area contributed by atoms with Gasteiger partial charge in [-0.05, 0) is 30.5 Å². The van der Waals surface area contributed by atoms with Gasteiger partial charge >= 0.3 is 5.97 Å². The van der Waals surface area contributed by atoms with Crippen LogP contribution in [0.4, 0.5) is 4.39 Å². The molecule has 1 aromatic rings. The Morgan fingerprint density at radius 1 is 1.50 bits per heavy atom. The van der Waals surface area contributed by atoms with Crippen molar-refractivity contribution in [3.8, 4) is 0 Å². The third-order valence-corrected chi connectivity index (χ3v) is 2.70. The summed E-state index contributed by atoms with van der Waals surface area (Å²) in [5, 5.41) is 0. The van der Waals surface area contributed by atoms with Crippen LogP contribution in [0.25, 0.3) is 0 Å². The van der Waals surface area contributed by atoms with Gasteiger partial charge in [0.2, 0.25) is 0 Å². The molecule has 2 rings (SSSR count). The maximum Gasteiger partial charge on any atom is 0.316 e. The first-order chi connectivity index (χ1) is 6.69. The molecule has 2 nitrogen and oxygen atoms in total. The molecule has 0 saturated heterocycles. The van der Waals surface area contributed by atoms with Gasteiger partial charge in [0, 0.05) is 0 Å². The van der Waals surface area contributed by atoms with E-state index in [1.54, 1.807) is 12.1 Å². The van der Waals surface area contributed by atoms with Crippen LogP contribution in [0, 0.1) is 5.82 Å². The summed E-state index contributed by atoms with van der Waals surface area (Å²) in [6.07, 6.45) is 1.51. The predicted octanol–water partition coefficient (Wildman–Crippen LogP) is 2.03. The molecular formula is C11H11FO2. The number of carbonyl (C=O) groups excluding carboxylic acids is 1. The third kappa shape index (κ3) is 1.29. The van der Waals surface area contributed by atoms with Crippen LogP contribution in [-0.4, -0.2) is 13.1 Å². The van der Waals surface area contributed by atoms with E-state index in [1.165, 1.54) is 19.2 Å². The number of esters is 1. The van der Waals surface area contributed by atoms with Crippen LogP contribution in [0.3, 0.4) is 0 Å². The second kappa shape index (κ2) is 3.08. The summed E-state index contributed by atoms with van der Waals surface area (Å²) >= 11 is 0. The molecule has 0 atom stereocenters. The van der Waals surface area contributed by atoms with Gasteiger partial charge in [-0.15, -0.1) is 0 Å². The van der Waals surface area contributed by atoms with Gasteiger partial charge in [-0.1, -0.05) is 12.1 Å². The summed E-state index contributed by atoms with van der Waals surface area (Å²) in [5.41, 5.74) is 0.168. The Hall–Kier alpha value is -1.38. The maximum atomic E-state index is 12.9. The molecule has 1 saturated carbocycles. The molecule has 14 heavy (non-hydrogen) atoms. The fraction of sp³-hybridized carbons (Fsp3) is 0.364. The minimum absolute atomic E-state index is 0.261. The molecule has 0 N–H and O–H groups in total. The Morgan fingerprint density at radius 3 is 2.71 bits per heavy atom. The molecule has 1 aliphatic rings. The minimum Gasteiger partial charge on any atom is -0.468 e. The van der Waals surface area contributed by atoms with E-state index < -0.39 is 5.41 Å². The average molecular weight is 194 g/mol. The lowest BCUT2D eigenvalue weighted by Crippen LogP contribution is -2.21. The van der Waals surface area contributed by atoms with E-state index >= 15 is 0 Å². The molecule has 1 fully saturated rings. The van der Waals surface area contributed by atoms with Gasteiger partial charge in [0.1, 0.15) is 5.82 Å². The highest BCUT2D eigenvalue weighted by atomic mass is 19.1. The number of ether oxygens (including phenoxy) is 1. The highest BCUT2D eigenvalue weighted by Gasteiger charge is 2.52. The minimum atomic E-state index is -0.559. The standard InChI is InChI=1S/C11H11FO2/c1-14-10(13)11(5-6-11)8-3-2-4-9(12)7-8/h2-4,7H,5-6H2,1H3. The van der Waals surface area contributed by atoms with Crippen molar-refractivity contribution >= 4 is 5.97 Å². The molecule has 3 heteroatoms. The topological polar surface area (TPSA) is 26.3 Å². The number of rotatable bonds is 2. The van der Waals surface area contributed by atoms with Crippen molar-refractivity contribution < 1.29 is 13.9 Å². The number of methoxy groups -OCH3 is 1. The molecule has 0 radical (unpaired) electrons. The molecule has 0 amide bonds. The molecule has 74 valence electrons. The molecule has 1 aromatic carbocycles. The summed E-state index contributed by atoms with van der Waals surface area (Å²) in [6.45, 7) is 0. The quantitative estimate of drug-likeness (QED) is 0.673. The second-order valence-electron chi connectivity index (χ2n) is 3.58. The molecule has 0 spiro atoms. The third-order valence-electron chi connectivity index (χ3n) is 2.70. The van der Waals surface area contributed by atoms with Crippen molar-refractivity contribution in [1.82, 2.24) is 0 Å². The molecular weight excluding hydrogens is 183 g/mol. The fourth-order valence-electron chi connectivity index (χ4n) is 1.72. The number of carbonyl (C=O) groups is 1. The Morgan fingerprint density at radius 2 is 2.21 bits per heavy atom. The Bertz CT molecular complexity index is 369. The van der Waals surface area contributed by atoms with Gasteiger partial charge in [-0.25, -0.2) is 4.39 Å². The van der Waals surface area contributed by atoms with Crippen molar-refractivity contribution in [2.24, 2.45) is 0 Å². The van der Waals surface area contributed by atoms with Crippen molar-refractivity contribution in [1.29, 1.82) is 0 Å². The first kappa shape index (κ1) is 9.19. The molecule has 0 heterocycles. The number of benzene rings is 1. The average Bonchev–Trinajstić information content (AvgIpc) is 2.97. The highest BCUT2D eigenvalue weighted by molar-refractivity contribution is 5.86. The molecule has 0 unspecified atom stereocenters. The van der Waals surface area contributed by atoms with Gasteiger partial charge in [-0.2, -0.15) is 0 Å². The van der Waals surface area contributed by atoms with Gasteiger partial charge < -0.3 is 4.74 Å². The van der Waals surface area contributed by atoms with Crippen LogP contribution in [0.1, 0.15) is 18.4 Å². The van der Waals surface area contributed by atoms with E-state index in [2.05, 4.69) is 0 Å². The van der Waals surface area contributed by atoms with Gasteiger partial charge in [0.05, 0.1) is 12.5 Å². The van der Waals surface area contributed by atoms with Crippen molar-refractivity contribution in [2.45, 2.75) is 18.3 Å². The summed E-state index contributed by atoms with van der Waals surface area (Å²) in [4.78, 5) is 11.5. The lowest BCUT2D eigenvalue weighted by Gasteiger charge is -2.12. The summed E-state index contributed by atoms with van der Waals surface area (Å²) in [5.74, 6) is -0.569. The zero-order chi connectivity index (χ0) is 10.2. The van der Waals surface area contributed by atoms with Crippen molar-refractivity contribution in [2.75, 3.05) is 7.11 Å². The molecule has 1 aliphatic carbocycles. The van der Waals surface area contributed by atoms with Gasteiger partial charge in [0.25, 0.3) is 0 Å². The van der Waals surface area contributed by atoms with E-state index in [-0.39, 0.29) is 11.8 Å². The zero-order valence-electron chi connectivity index (χ0n) is 7.92. The van der Waals surface area contributed by atoms with E-state index in [0.717, 1.165) is 18.4 Å². The van der Waals surface area contributed by atoms with Crippen LogP contribution in [0.2, 0.25) is 0 Å². The maximum absolute atomic E-state index is 12.9. The Balaban J connectivity index is 2.35. The van der Waals surface area contributed by atoms with Gasteiger partial charge in [-0.3, -0.25) is 4.79 Å². The summed E-state index contributed by atoms with van der Waals surface area (Å²) in [6, 6.07) is 6.17. The van der Waals surface area contributed by atoms with Gasteiger partial charge in [0.15, 0.2) is 0 Å². The van der Waals surface area contributed by atoms with Crippen LogP contribution in [0.15, 0.2) is 24.3 Å². The fourth-order valence-corrected chi connectivity index (χ4v) is 1.72. The van der Waals surface area contributed by atoms with E-state index in [1.807, 2.05) is 0 Å². The highest BCUT2D eigenvalue weighted by Crippen LogP contribution is 2.49. The molecule has 0 aliphatic heterocycles. The zero-order valence-corrected chi connectivity index (χ0v) is 7.92. The normalized spacial score (nSPS) is 17.6. The largest absolute Gasteiger partial charge is 0.468 e. The van der Waals surface area contributed by atoms with Crippen LogP contribution in [-0.2, 0) is 14.9 Å². The second-order valence-corrected chi connectivity index (χ2v) is 3.58. The van der Waals surface area contributed by atoms with Crippen molar-refractivity contribution in [3.63, 3.8) is 0 Å².